The number of carbonyl (C=O) groups is 1. The molecule has 22 heavy (non-hydrogen) atoms. The monoisotopic (exact) mass is 316 g/mol. The fourth-order valence-electron chi connectivity index (χ4n) is 2.14. The molecule has 0 aliphatic rings. The van der Waals surface area contributed by atoms with Crippen LogP contribution >= 0.6 is 11.6 Å². The maximum absolute atomic E-state index is 11.7. The first-order chi connectivity index (χ1) is 10.7. The number of amides is 1. The Kier molecular flexibility index (Phi) is 6.94. The first-order valence-corrected chi connectivity index (χ1v) is 7.87. The third-order valence-electron chi connectivity index (χ3n) is 3.37. The zero-order chi connectivity index (χ0) is 15.6. The van der Waals surface area contributed by atoms with Gasteiger partial charge in [-0.3, -0.25) is 4.79 Å². The number of benzene rings is 2. The zero-order valence-corrected chi connectivity index (χ0v) is 13.3. The van der Waals surface area contributed by atoms with Gasteiger partial charge in [-0.15, -0.1) is 0 Å². The number of halogens is 1. The van der Waals surface area contributed by atoms with Gasteiger partial charge in [0.15, 0.2) is 0 Å². The number of rotatable bonds is 8. The van der Waals surface area contributed by atoms with Crippen LogP contribution in [-0.2, 0) is 17.6 Å². The Balaban J connectivity index is 1.55. The van der Waals surface area contributed by atoms with Gasteiger partial charge in [0.25, 0.3) is 0 Å². The van der Waals surface area contributed by atoms with Crippen LogP contribution in [0.3, 0.4) is 0 Å². The van der Waals surface area contributed by atoms with Crippen molar-refractivity contribution >= 4 is 17.5 Å². The molecule has 1 amide bonds. The molecule has 4 heteroatoms. The second-order valence-corrected chi connectivity index (χ2v) is 5.58. The third-order valence-corrected chi connectivity index (χ3v) is 3.62. The standard InChI is InChI=1S/C18H21ClN2O/c19-17-8-6-16(7-9-17)11-13-21-18(22)14-20-12-10-15-4-2-1-3-5-15/h1-9,20H,10-14H2,(H,21,22). The number of carbonyl (C=O) groups excluding carboxylic acids is 1. The van der Waals surface area contributed by atoms with E-state index < -0.39 is 0 Å². The molecule has 2 aromatic carbocycles. The quantitative estimate of drug-likeness (QED) is 0.735. The molecule has 0 fully saturated rings. The lowest BCUT2D eigenvalue weighted by molar-refractivity contribution is -0.120. The number of nitrogens with one attached hydrogen (secondary N) is 2. The first-order valence-electron chi connectivity index (χ1n) is 7.50. The van der Waals surface area contributed by atoms with Crippen LogP contribution in [0.5, 0.6) is 0 Å². The first kappa shape index (κ1) is 16.5. The average Bonchev–Trinajstić information content (AvgIpc) is 2.54. The molecule has 0 aromatic heterocycles. The molecule has 2 aromatic rings. The molecular weight excluding hydrogens is 296 g/mol. The summed E-state index contributed by atoms with van der Waals surface area (Å²) in [6.45, 7) is 1.79. The van der Waals surface area contributed by atoms with E-state index in [1.165, 1.54) is 11.1 Å². The lowest BCUT2D eigenvalue weighted by Crippen LogP contribution is -2.35. The highest BCUT2D eigenvalue weighted by Gasteiger charge is 2.00. The van der Waals surface area contributed by atoms with Crippen LogP contribution in [0.15, 0.2) is 54.6 Å². The summed E-state index contributed by atoms with van der Waals surface area (Å²) in [6.07, 6.45) is 1.74. The van der Waals surface area contributed by atoms with Gasteiger partial charge >= 0.3 is 0 Å². The van der Waals surface area contributed by atoms with Gasteiger partial charge < -0.3 is 10.6 Å². The highest BCUT2D eigenvalue weighted by molar-refractivity contribution is 6.30. The van der Waals surface area contributed by atoms with Crippen molar-refractivity contribution in [1.29, 1.82) is 0 Å². The molecule has 0 heterocycles. The minimum absolute atomic E-state index is 0.0297. The summed E-state index contributed by atoms with van der Waals surface area (Å²) in [4.78, 5) is 11.7. The molecule has 0 saturated carbocycles. The summed E-state index contributed by atoms with van der Waals surface area (Å²) in [7, 11) is 0. The summed E-state index contributed by atoms with van der Waals surface area (Å²) in [6, 6.07) is 17.9. The molecule has 0 aliphatic carbocycles. The van der Waals surface area contributed by atoms with Gasteiger partial charge in [-0.25, -0.2) is 0 Å². The highest BCUT2D eigenvalue weighted by Crippen LogP contribution is 2.09. The third kappa shape index (κ3) is 6.29. The lowest BCUT2D eigenvalue weighted by atomic mass is 10.1. The van der Waals surface area contributed by atoms with Gasteiger partial charge in [-0.1, -0.05) is 54.1 Å². The van der Waals surface area contributed by atoms with E-state index in [2.05, 4.69) is 22.8 Å². The molecule has 116 valence electrons. The molecule has 0 aliphatic heterocycles. The molecule has 3 nitrogen and oxygen atoms in total. The van der Waals surface area contributed by atoms with Crippen LogP contribution in [0.1, 0.15) is 11.1 Å². The highest BCUT2D eigenvalue weighted by atomic mass is 35.5. The summed E-state index contributed by atoms with van der Waals surface area (Å²) < 4.78 is 0. The SMILES string of the molecule is O=C(CNCCc1ccccc1)NCCc1ccc(Cl)cc1. The van der Waals surface area contributed by atoms with Gasteiger partial charge in [0.2, 0.25) is 5.91 Å². The van der Waals surface area contributed by atoms with Crippen molar-refractivity contribution in [2.24, 2.45) is 0 Å². The van der Waals surface area contributed by atoms with Crippen LogP contribution < -0.4 is 10.6 Å². The Morgan fingerprint density at radius 2 is 1.50 bits per heavy atom. The van der Waals surface area contributed by atoms with E-state index in [0.29, 0.717) is 13.1 Å². The molecule has 0 unspecified atom stereocenters. The second kappa shape index (κ2) is 9.23. The Hall–Kier alpha value is -1.84. The molecule has 0 radical (unpaired) electrons. The number of hydrogen-bond donors (Lipinski definition) is 2. The van der Waals surface area contributed by atoms with E-state index in [0.717, 1.165) is 24.4 Å². The van der Waals surface area contributed by atoms with Gasteiger partial charge in [-0.05, 0) is 42.6 Å². The van der Waals surface area contributed by atoms with Gasteiger partial charge in [-0.2, -0.15) is 0 Å². The molecule has 0 atom stereocenters. The molecule has 2 N–H and O–H groups in total. The average molecular weight is 317 g/mol. The predicted octanol–water partition coefficient (Wildman–Crippen LogP) is 2.83. The summed E-state index contributed by atoms with van der Waals surface area (Å²) in [5.74, 6) is 0.0297. The molecular formula is C18H21ClN2O. The van der Waals surface area contributed by atoms with E-state index in [1.54, 1.807) is 0 Å². The van der Waals surface area contributed by atoms with E-state index in [-0.39, 0.29) is 5.91 Å². The smallest absolute Gasteiger partial charge is 0.233 e. The van der Waals surface area contributed by atoms with Gasteiger partial charge in [0.1, 0.15) is 0 Å². The van der Waals surface area contributed by atoms with Crippen LogP contribution in [0.25, 0.3) is 0 Å². The normalized spacial score (nSPS) is 10.4. The summed E-state index contributed by atoms with van der Waals surface area (Å²) in [5, 5.41) is 6.80. The van der Waals surface area contributed by atoms with E-state index in [4.69, 9.17) is 11.6 Å². The molecule has 0 spiro atoms. The van der Waals surface area contributed by atoms with E-state index >= 15 is 0 Å². The second-order valence-electron chi connectivity index (χ2n) is 5.14. The fourth-order valence-corrected chi connectivity index (χ4v) is 2.27. The van der Waals surface area contributed by atoms with E-state index in [1.807, 2.05) is 42.5 Å². The Bertz CT molecular complexity index is 569. The fraction of sp³-hybridized carbons (Fsp3) is 0.278. The Morgan fingerprint density at radius 3 is 2.23 bits per heavy atom. The van der Waals surface area contributed by atoms with Crippen molar-refractivity contribution in [3.63, 3.8) is 0 Å². The van der Waals surface area contributed by atoms with Crippen molar-refractivity contribution in [3.8, 4) is 0 Å². The van der Waals surface area contributed by atoms with E-state index in [9.17, 15) is 4.79 Å². The van der Waals surface area contributed by atoms with Crippen molar-refractivity contribution < 1.29 is 4.79 Å². The Morgan fingerprint density at radius 1 is 0.864 bits per heavy atom. The summed E-state index contributed by atoms with van der Waals surface area (Å²) >= 11 is 5.83. The van der Waals surface area contributed by atoms with Gasteiger partial charge in [0, 0.05) is 11.6 Å². The maximum Gasteiger partial charge on any atom is 0.233 e. The number of hydrogen-bond acceptors (Lipinski definition) is 2. The molecule has 0 bridgehead atoms. The molecule has 2 rings (SSSR count). The van der Waals surface area contributed by atoms with Crippen LogP contribution in [0.2, 0.25) is 5.02 Å². The largest absolute Gasteiger partial charge is 0.355 e. The Labute approximate surface area is 136 Å². The predicted molar refractivity (Wildman–Crippen MR) is 91.2 cm³/mol. The lowest BCUT2D eigenvalue weighted by Gasteiger charge is -2.07. The van der Waals surface area contributed by atoms with Crippen molar-refractivity contribution in [3.05, 3.63) is 70.7 Å². The minimum Gasteiger partial charge on any atom is -0.355 e. The van der Waals surface area contributed by atoms with Crippen LogP contribution in [0.4, 0.5) is 0 Å². The van der Waals surface area contributed by atoms with Crippen LogP contribution in [0, 0.1) is 0 Å². The molecule has 0 saturated heterocycles. The summed E-state index contributed by atoms with van der Waals surface area (Å²) in [5.41, 5.74) is 2.44. The van der Waals surface area contributed by atoms with Crippen LogP contribution in [-0.4, -0.2) is 25.5 Å². The van der Waals surface area contributed by atoms with Crippen molar-refractivity contribution in [2.45, 2.75) is 12.8 Å². The minimum atomic E-state index is 0.0297. The van der Waals surface area contributed by atoms with Crippen molar-refractivity contribution in [2.75, 3.05) is 19.6 Å². The zero-order valence-electron chi connectivity index (χ0n) is 12.5. The van der Waals surface area contributed by atoms with Crippen molar-refractivity contribution in [1.82, 2.24) is 10.6 Å². The van der Waals surface area contributed by atoms with Gasteiger partial charge in [0.05, 0.1) is 6.54 Å². The topological polar surface area (TPSA) is 41.1 Å². The maximum atomic E-state index is 11.7.